The van der Waals surface area contributed by atoms with Crippen LogP contribution in [-0.2, 0) is 0 Å². The van der Waals surface area contributed by atoms with Gasteiger partial charge in [-0.05, 0) is 61.5 Å². The first-order valence-corrected chi connectivity index (χ1v) is 10.6. The van der Waals surface area contributed by atoms with Crippen molar-refractivity contribution in [2.75, 3.05) is 4.90 Å². The smallest absolute Gasteiger partial charge is 0.174 e. The molecule has 2 aliphatic rings. The predicted octanol–water partition coefficient (Wildman–Crippen LogP) is 5.31. The zero-order chi connectivity index (χ0) is 19.8. The van der Waals surface area contributed by atoms with Crippen LogP contribution >= 0.6 is 12.2 Å². The molecule has 0 spiro atoms. The predicted molar refractivity (Wildman–Crippen MR) is 116 cm³/mol. The third-order valence-corrected chi connectivity index (χ3v) is 6.36. The van der Waals surface area contributed by atoms with Gasteiger partial charge in [-0.15, -0.1) is 0 Å². The molecule has 4 nitrogen and oxygen atoms in total. The Morgan fingerprint density at radius 2 is 1.79 bits per heavy atom. The van der Waals surface area contributed by atoms with Crippen LogP contribution in [0.3, 0.4) is 0 Å². The number of hydrogen-bond donors (Lipinski definition) is 1. The molecule has 1 N–H and O–H groups in total. The highest BCUT2D eigenvalue weighted by Crippen LogP contribution is 2.44. The molecule has 0 bridgehead atoms. The zero-order valence-electron chi connectivity index (χ0n) is 16.0. The van der Waals surface area contributed by atoms with E-state index in [1.54, 1.807) is 18.3 Å². The minimum atomic E-state index is -0.276. The maximum Gasteiger partial charge on any atom is 0.174 e. The van der Waals surface area contributed by atoms with E-state index < -0.39 is 0 Å². The lowest BCUT2D eigenvalue weighted by Gasteiger charge is -2.30. The van der Waals surface area contributed by atoms with Crippen LogP contribution in [0.25, 0.3) is 0 Å². The fraction of sp³-hybridized carbons (Fsp3) is 0.304. The number of anilines is 1. The summed E-state index contributed by atoms with van der Waals surface area (Å²) in [6, 6.07) is 17.1. The molecule has 3 aromatic rings. The van der Waals surface area contributed by atoms with Gasteiger partial charge >= 0.3 is 0 Å². The van der Waals surface area contributed by atoms with E-state index in [0.717, 1.165) is 11.4 Å². The summed E-state index contributed by atoms with van der Waals surface area (Å²) >= 11 is 5.70. The number of pyridine rings is 1. The van der Waals surface area contributed by atoms with Crippen molar-refractivity contribution in [3.05, 3.63) is 84.2 Å². The minimum Gasteiger partial charge on any atom is -0.351 e. The number of rotatable bonds is 4. The van der Waals surface area contributed by atoms with E-state index in [9.17, 15) is 4.39 Å². The molecule has 1 saturated heterocycles. The van der Waals surface area contributed by atoms with Crippen LogP contribution in [0.5, 0.6) is 0 Å². The van der Waals surface area contributed by atoms with Crippen molar-refractivity contribution in [2.45, 2.75) is 43.8 Å². The van der Waals surface area contributed by atoms with Gasteiger partial charge in [-0.2, -0.15) is 0 Å². The lowest BCUT2D eigenvalue weighted by Crippen LogP contribution is -2.31. The number of para-hydroxylation sites is 1. The van der Waals surface area contributed by atoms with Gasteiger partial charge in [0, 0.05) is 24.1 Å². The Kier molecular flexibility index (Phi) is 4.79. The number of nitrogens with one attached hydrogen (secondary N) is 1. The average Bonchev–Trinajstić information content (AvgIpc) is 3.48. The van der Waals surface area contributed by atoms with E-state index in [1.165, 1.54) is 31.7 Å². The topological polar surface area (TPSA) is 33.1 Å². The second-order valence-corrected chi connectivity index (χ2v) is 8.11. The largest absolute Gasteiger partial charge is 0.351 e. The third-order valence-electron chi connectivity index (χ3n) is 6.04. The standard InChI is InChI=1S/C23H23FN4S/c24-17-10-3-4-12-19(17)28-22(20-13-7-15-27(20)16-8-1-2-9-16)21(26-23(28)29)18-11-5-6-14-25-18/h3-7,10-16,21-22H,1-2,8-9H2,(H,26,29)/t21-,22-/m0/s1. The molecule has 6 heteroatoms. The second kappa shape index (κ2) is 7.59. The quantitative estimate of drug-likeness (QED) is 0.595. The molecule has 1 aliphatic carbocycles. The van der Waals surface area contributed by atoms with E-state index in [2.05, 4.69) is 33.2 Å². The van der Waals surface area contributed by atoms with Crippen LogP contribution in [0, 0.1) is 5.82 Å². The summed E-state index contributed by atoms with van der Waals surface area (Å²) in [5, 5.41) is 3.94. The number of aromatic nitrogens is 2. The second-order valence-electron chi connectivity index (χ2n) is 7.73. The van der Waals surface area contributed by atoms with Gasteiger partial charge in [0.05, 0.1) is 17.4 Å². The average molecular weight is 407 g/mol. The Morgan fingerprint density at radius 3 is 2.55 bits per heavy atom. The molecule has 3 heterocycles. The molecule has 0 amide bonds. The van der Waals surface area contributed by atoms with Crippen LogP contribution in [-0.4, -0.2) is 14.7 Å². The van der Waals surface area contributed by atoms with Crippen LogP contribution in [0.4, 0.5) is 10.1 Å². The summed E-state index contributed by atoms with van der Waals surface area (Å²) in [6.07, 6.45) is 8.82. The minimum absolute atomic E-state index is 0.154. The highest BCUT2D eigenvalue weighted by Gasteiger charge is 2.43. The monoisotopic (exact) mass is 406 g/mol. The summed E-state index contributed by atoms with van der Waals surface area (Å²) in [7, 11) is 0. The van der Waals surface area contributed by atoms with Crippen LogP contribution in [0.1, 0.15) is 55.2 Å². The van der Waals surface area contributed by atoms with E-state index in [1.807, 2.05) is 29.2 Å². The fourth-order valence-corrected chi connectivity index (χ4v) is 5.07. The molecule has 2 aromatic heterocycles. The highest BCUT2D eigenvalue weighted by atomic mass is 32.1. The molecule has 5 rings (SSSR count). The van der Waals surface area contributed by atoms with Crippen LogP contribution in [0.2, 0.25) is 0 Å². The fourth-order valence-electron chi connectivity index (χ4n) is 4.73. The maximum absolute atomic E-state index is 14.8. The third kappa shape index (κ3) is 3.21. The number of halogens is 1. The van der Waals surface area contributed by atoms with Gasteiger partial charge in [-0.1, -0.05) is 31.0 Å². The van der Waals surface area contributed by atoms with Gasteiger partial charge in [-0.3, -0.25) is 4.98 Å². The molecule has 0 unspecified atom stereocenters. The van der Waals surface area contributed by atoms with E-state index >= 15 is 0 Å². The number of benzene rings is 1. The first-order valence-electron chi connectivity index (χ1n) is 10.2. The number of hydrogen-bond acceptors (Lipinski definition) is 2. The number of nitrogens with zero attached hydrogens (tertiary/aromatic N) is 3. The summed E-state index contributed by atoms with van der Waals surface area (Å²) in [4.78, 5) is 6.50. The summed E-state index contributed by atoms with van der Waals surface area (Å²) < 4.78 is 17.2. The van der Waals surface area contributed by atoms with Crippen molar-refractivity contribution >= 4 is 23.0 Å². The van der Waals surface area contributed by atoms with E-state index in [-0.39, 0.29) is 17.9 Å². The molecule has 148 valence electrons. The highest BCUT2D eigenvalue weighted by molar-refractivity contribution is 7.80. The lowest BCUT2D eigenvalue weighted by atomic mass is 10.00. The normalized spacial score (nSPS) is 22.2. The first-order chi connectivity index (χ1) is 14.2. The summed E-state index contributed by atoms with van der Waals surface area (Å²) in [6.45, 7) is 0. The Labute approximate surface area is 175 Å². The zero-order valence-corrected chi connectivity index (χ0v) is 16.9. The van der Waals surface area contributed by atoms with Gasteiger partial charge in [0.2, 0.25) is 0 Å². The molecule has 2 fully saturated rings. The number of thiocarbonyl (C=S) groups is 1. The maximum atomic E-state index is 14.8. The summed E-state index contributed by atoms with van der Waals surface area (Å²) in [5.41, 5.74) is 2.54. The van der Waals surface area contributed by atoms with Crippen molar-refractivity contribution in [2.24, 2.45) is 0 Å². The van der Waals surface area contributed by atoms with Gasteiger partial charge in [0.1, 0.15) is 11.9 Å². The van der Waals surface area contributed by atoms with Gasteiger partial charge in [0.25, 0.3) is 0 Å². The van der Waals surface area contributed by atoms with Crippen molar-refractivity contribution in [3.8, 4) is 0 Å². The molecule has 1 aliphatic heterocycles. The Bertz CT molecular complexity index is 1010. The van der Waals surface area contributed by atoms with Gasteiger partial charge in [0.15, 0.2) is 5.11 Å². The molecule has 1 saturated carbocycles. The van der Waals surface area contributed by atoms with Crippen LogP contribution in [0.15, 0.2) is 67.0 Å². The molecule has 1 aromatic carbocycles. The van der Waals surface area contributed by atoms with Crippen molar-refractivity contribution < 1.29 is 4.39 Å². The molecular weight excluding hydrogens is 383 g/mol. The van der Waals surface area contributed by atoms with Gasteiger partial charge in [-0.25, -0.2) is 4.39 Å². The van der Waals surface area contributed by atoms with Crippen molar-refractivity contribution in [1.29, 1.82) is 0 Å². The Morgan fingerprint density at radius 1 is 1.00 bits per heavy atom. The summed E-state index contributed by atoms with van der Waals surface area (Å²) in [5.74, 6) is -0.276. The Balaban J connectivity index is 1.65. The van der Waals surface area contributed by atoms with E-state index in [0.29, 0.717) is 16.8 Å². The van der Waals surface area contributed by atoms with Crippen molar-refractivity contribution in [3.63, 3.8) is 0 Å². The van der Waals surface area contributed by atoms with Gasteiger partial charge < -0.3 is 14.8 Å². The molecular formula is C23H23FN4S. The van der Waals surface area contributed by atoms with Crippen LogP contribution < -0.4 is 10.2 Å². The SMILES string of the molecule is Fc1ccccc1N1C(=S)N[C@@H](c2ccccn2)[C@@H]1c1cccn1C1CCCC1. The lowest BCUT2D eigenvalue weighted by molar-refractivity contribution is 0.460. The molecule has 2 atom stereocenters. The molecule has 29 heavy (non-hydrogen) atoms. The van der Waals surface area contributed by atoms with Crippen molar-refractivity contribution in [1.82, 2.24) is 14.9 Å². The first kappa shape index (κ1) is 18.3. The molecule has 0 radical (unpaired) electrons. The Hall–Kier alpha value is -2.73. The van der Waals surface area contributed by atoms with E-state index in [4.69, 9.17) is 12.2 Å².